The summed E-state index contributed by atoms with van der Waals surface area (Å²) in [5.41, 5.74) is 1.58. The Morgan fingerprint density at radius 3 is 2.30 bits per heavy atom. The Labute approximate surface area is 228 Å². The van der Waals surface area contributed by atoms with Gasteiger partial charge in [0.2, 0.25) is 6.29 Å². The second kappa shape index (κ2) is 12.6. The van der Waals surface area contributed by atoms with Crippen LogP contribution in [0.15, 0.2) is 54.9 Å². The van der Waals surface area contributed by atoms with E-state index in [1.54, 1.807) is 38.3 Å². The van der Waals surface area contributed by atoms with Gasteiger partial charge in [0.15, 0.2) is 5.82 Å². The summed E-state index contributed by atoms with van der Waals surface area (Å²) in [7, 11) is 3.03. The average molecular weight is 567 g/mol. The average Bonchev–Trinajstić information content (AvgIpc) is 3.39. The highest BCUT2D eigenvalue weighted by atomic mass is 19.4. The zero-order valence-corrected chi connectivity index (χ0v) is 22.1. The number of hydrogen-bond donors (Lipinski definition) is 1. The molecule has 1 aromatic heterocycles. The standard InChI is InChI=1S/C26H29F3N4O7/c1-5-37-21-20(35-3)15(2)38-24(22(21)36-4)39-25(34)31-17-8-6-16(7-9-17)23-30-14-33(32-23)18-10-12-19(13-11-18)40-26(27,28)29/h6-15,20-22,24H,5H2,1-4H3,(H,31,34)/t15-,20-,21+,22+,24-/m1/s1. The first kappa shape index (κ1) is 29.3. The van der Waals surface area contributed by atoms with Crippen molar-refractivity contribution in [2.24, 2.45) is 0 Å². The Bertz CT molecular complexity index is 1250. The minimum absolute atomic E-state index is 0.339. The molecule has 4 rings (SSSR count). The van der Waals surface area contributed by atoms with Crippen LogP contribution in [0.25, 0.3) is 17.1 Å². The smallest absolute Gasteiger partial charge is 0.416 e. The van der Waals surface area contributed by atoms with Gasteiger partial charge in [-0.2, -0.15) is 0 Å². The van der Waals surface area contributed by atoms with Crippen molar-refractivity contribution in [3.8, 4) is 22.8 Å². The molecule has 0 spiro atoms. The van der Waals surface area contributed by atoms with Crippen LogP contribution in [-0.4, -0.2) is 78.8 Å². The second-order valence-corrected chi connectivity index (χ2v) is 8.69. The lowest BCUT2D eigenvalue weighted by Crippen LogP contribution is -2.60. The molecule has 40 heavy (non-hydrogen) atoms. The van der Waals surface area contributed by atoms with Crippen LogP contribution in [0.2, 0.25) is 0 Å². The summed E-state index contributed by atoms with van der Waals surface area (Å²) in [6.07, 6.45) is -7.14. The summed E-state index contributed by atoms with van der Waals surface area (Å²) >= 11 is 0. The third kappa shape index (κ3) is 7.07. The summed E-state index contributed by atoms with van der Waals surface area (Å²) < 4.78 is 70.6. The van der Waals surface area contributed by atoms with Crippen molar-refractivity contribution in [3.63, 3.8) is 0 Å². The number of amides is 1. The highest BCUT2D eigenvalue weighted by Gasteiger charge is 2.47. The molecule has 1 saturated heterocycles. The Balaban J connectivity index is 1.37. The molecule has 3 aromatic rings. The predicted molar refractivity (Wildman–Crippen MR) is 135 cm³/mol. The number of halogens is 3. The molecule has 5 atom stereocenters. The molecule has 0 aliphatic carbocycles. The number of nitrogens with zero attached hydrogens (tertiary/aromatic N) is 3. The molecule has 1 N–H and O–H groups in total. The van der Waals surface area contributed by atoms with Crippen LogP contribution in [-0.2, 0) is 23.7 Å². The van der Waals surface area contributed by atoms with Gasteiger partial charge < -0.3 is 28.4 Å². The molecule has 0 bridgehead atoms. The zero-order valence-electron chi connectivity index (χ0n) is 22.1. The summed E-state index contributed by atoms with van der Waals surface area (Å²) in [6.45, 7) is 4.06. The number of rotatable bonds is 9. The predicted octanol–water partition coefficient (Wildman–Crippen LogP) is 4.56. The molecule has 2 aromatic carbocycles. The minimum atomic E-state index is -4.77. The second-order valence-electron chi connectivity index (χ2n) is 8.69. The van der Waals surface area contributed by atoms with Crippen LogP contribution in [0, 0.1) is 0 Å². The van der Waals surface area contributed by atoms with E-state index >= 15 is 0 Å². The van der Waals surface area contributed by atoms with Gasteiger partial charge >= 0.3 is 12.5 Å². The number of carbonyl (C=O) groups is 1. The quantitative estimate of drug-likeness (QED) is 0.398. The van der Waals surface area contributed by atoms with Gasteiger partial charge in [0.05, 0.1) is 11.8 Å². The van der Waals surface area contributed by atoms with Crippen LogP contribution >= 0.6 is 0 Å². The van der Waals surface area contributed by atoms with E-state index in [0.29, 0.717) is 29.4 Å². The maximum absolute atomic E-state index is 12.6. The molecular weight excluding hydrogens is 537 g/mol. The van der Waals surface area contributed by atoms with E-state index in [-0.39, 0.29) is 5.75 Å². The van der Waals surface area contributed by atoms with Gasteiger partial charge in [0.1, 0.15) is 30.4 Å². The molecule has 1 fully saturated rings. The Kier molecular flexibility index (Phi) is 9.25. The number of alkyl halides is 3. The van der Waals surface area contributed by atoms with Crippen molar-refractivity contribution in [3.05, 3.63) is 54.9 Å². The van der Waals surface area contributed by atoms with Crippen molar-refractivity contribution in [1.29, 1.82) is 0 Å². The SMILES string of the molecule is CCO[C@@H]1[C@H](OC)[C@@H](OC(=O)Nc2ccc(-c3ncn(-c4ccc(OC(F)(F)F)cc4)n3)cc2)O[C@H](C)[C@H]1OC. The third-order valence-corrected chi connectivity index (χ3v) is 6.07. The third-order valence-electron chi connectivity index (χ3n) is 6.07. The van der Waals surface area contributed by atoms with E-state index in [9.17, 15) is 18.0 Å². The molecule has 11 nitrogen and oxygen atoms in total. The molecule has 0 radical (unpaired) electrons. The molecule has 216 valence electrons. The van der Waals surface area contributed by atoms with Crippen molar-refractivity contribution in [2.75, 3.05) is 26.1 Å². The number of carbonyl (C=O) groups excluding carboxylic acids is 1. The molecule has 2 heterocycles. The number of ether oxygens (including phenoxy) is 6. The summed E-state index contributed by atoms with van der Waals surface area (Å²) in [5, 5.41) is 7.01. The normalized spacial score (nSPS) is 23.0. The van der Waals surface area contributed by atoms with E-state index < -0.39 is 43.2 Å². The van der Waals surface area contributed by atoms with Gasteiger partial charge in [-0.15, -0.1) is 18.3 Å². The fourth-order valence-electron chi connectivity index (χ4n) is 4.30. The molecular formula is C26H29F3N4O7. The van der Waals surface area contributed by atoms with Crippen LogP contribution in [0.4, 0.5) is 23.7 Å². The van der Waals surface area contributed by atoms with Gasteiger partial charge in [0, 0.05) is 32.1 Å². The zero-order chi connectivity index (χ0) is 28.9. The number of benzene rings is 2. The summed E-state index contributed by atoms with van der Waals surface area (Å²) in [5.74, 6) is 0.0284. The summed E-state index contributed by atoms with van der Waals surface area (Å²) in [4.78, 5) is 16.9. The van der Waals surface area contributed by atoms with E-state index in [1.165, 1.54) is 42.4 Å². The number of hydrogen-bond acceptors (Lipinski definition) is 9. The number of methoxy groups -OCH3 is 2. The molecule has 14 heteroatoms. The van der Waals surface area contributed by atoms with Gasteiger partial charge in [-0.25, -0.2) is 14.5 Å². The maximum atomic E-state index is 12.6. The molecule has 0 saturated carbocycles. The highest BCUT2D eigenvalue weighted by molar-refractivity contribution is 5.85. The lowest BCUT2D eigenvalue weighted by molar-refractivity contribution is -0.292. The van der Waals surface area contributed by atoms with Crippen LogP contribution in [0.1, 0.15) is 13.8 Å². The molecule has 0 unspecified atom stereocenters. The largest absolute Gasteiger partial charge is 0.573 e. The minimum Gasteiger partial charge on any atom is -0.416 e. The van der Waals surface area contributed by atoms with E-state index in [2.05, 4.69) is 20.1 Å². The van der Waals surface area contributed by atoms with Crippen molar-refractivity contribution < 1.29 is 46.4 Å². The molecule has 1 aliphatic heterocycles. The van der Waals surface area contributed by atoms with Gasteiger partial charge in [0.25, 0.3) is 0 Å². The fraction of sp³-hybridized carbons (Fsp3) is 0.423. The van der Waals surface area contributed by atoms with Crippen molar-refractivity contribution in [2.45, 2.75) is 50.9 Å². The Hall–Kier alpha value is -3.72. The van der Waals surface area contributed by atoms with Crippen molar-refractivity contribution in [1.82, 2.24) is 14.8 Å². The maximum Gasteiger partial charge on any atom is 0.573 e. The van der Waals surface area contributed by atoms with E-state index in [4.69, 9.17) is 23.7 Å². The number of aromatic nitrogens is 3. The van der Waals surface area contributed by atoms with Gasteiger partial charge in [-0.3, -0.25) is 5.32 Å². The van der Waals surface area contributed by atoms with Crippen LogP contribution < -0.4 is 10.1 Å². The lowest BCUT2D eigenvalue weighted by Gasteiger charge is -2.43. The van der Waals surface area contributed by atoms with Crippen molar-refractivity contribution >= 4 is 11.8 Å². The lowest BCUT2D eigenvalue weighted by atomic mass is 9.99. The topological polar surface area (TPSA) is 115 Å². The highest BCUT2D eigenvalue weighted by Crippen LogP contribution is 2.29. The monoisotopic (exact) mass is 566 g/mol. The van der Waals surface area contributed by atoms with Crippen LogP contribution in [0.5, 0.6) is 5.75 Å². The first-order valence-electron chi connectivity index (χ1n) is 12.3. The number of nitrogens with one attached hydrogen (secondary N) is 1. The van der Waals surface area contributed by atoms with Crippen LogP contribution in [0.3, 0.4) is 0 Å². The Morgan fingerprint density at radius 2 is 1.70 bits per heavy atom. The van der Waals surface area contributed by atoms with E-state index in [1.807, 2.05) is 6.92 Å². The van der Waals surface area contributed by atoms with E-state index in [0.717, 1.165) is 0 Å². The Morgan fingerprint density at radius 1 is 1.02 bits per heavy atom. The van der Waals surface area contributed by atoms with Gasteiger partial charge in [-0.1, -0.05) is 0 Å². The fourth-order valence-corrected chi connectivity index (χ4v) is 4.30. The molecule has 1 aliphatic rings. The first-order valence-corrected chi connectivity index (χ1v) is 12.3. The first-order chi connectivity index (χ1) is 19.1. The summed E-state index contributed by atoms with van der Waals surface area (Å²) in [6, 6.07) is 11.9. The van der Waals surface area contributed by atoms with Gasteiger partial charge in [-0.05, 0) is 62.4 Å². The number of anilines is 1. The molecule has 1 amide bonds.